The van der Waals surface area contributed by atoms with Gasteiger partial charge in [0.15, 0.2) is 0 Å². The van der Waals surface area contributed by atoms with Crippen LogP contribution in [0.4, 0.5) is 0 Å². The highest BCUT2D eigenvalue weighted by Crippen LogP contribution is 2.31. The highest BCUT2D eigenvalue weighted by molar-refractivity contribution is 7.89. The zero-order valence-corrected chi connectivity index (χ0v) is 12.9. The summed E-state index contributed by atoms with van der Waals surface area (Å²) in [6, 6.07) is 6.37. The normalized spacial score (nSPS) is 21.1. The lowest BCUT2D eigenvalue weighted by molar-refractivity contribution is 0.0236. The molecule has 112 valence electrons. The molecule has 1 heterocycles. The zero-order chi connectivity index (χ0) is 15.0. The van der Waals surface area contributed by atoms with Gasteiger partial charge in [-0.25, -0.2) is 8.42 Å². The summed E-state index contributed by atoms with van der Waals surface area (Å²) in [7, 11) is -1.95. The SMILES string of the molecule is COc1ccc(S(=O)(=O)N2CCC(C(C)(C)O)C2)cc1. The van der Waals surface area contributed by atoms with Gasteiger partial charge >= 0.3 is 0 Å². The minimum absolute atomic E-state index is 0.0319. The zero-order valence-electron chi connectivity index (χ0n) is 12.0. The summed E-state index contributed by atoms with van der Waals surface area (Å²) in [6.07, 6.45) is 0.679. The van der Waals surface area contributed by atoms with Crippen LogP contribution in [0.2, 0.25) is 0 Å². The first-order valence-corrected chi connectivity index (χ1v) is 8.06. The Labute approximate surface area is 120 Å². The van der Waals surface area contributed by atoms with Crippen molar-refractivity contribution in [1.29, 1.82) is 0 Å². The van der Waals surface area contributed by atoms with Gasteiger partial charge in [-0.2, -0.15) is 4.31 Å². The molecule has 0 bridgehead atoms. The fraction of sp³-hybridized carbons (Fsp3) is 0.571. The highest BCUT2D eigenvalue weighted by Gasteiger charge is 2.38. The van der Waals surface area contributed by atoms with E-state index in [1.54, 1.807) is 38.1 Å². The Balaban J connectivity index is 2.19. The van der Waals surface area contributed by atoms with Crippen molar-refractivity contribution in [2.24, 2.45) is 5.92 Å². The Morgan fingerprint density at radius 3 is 2.35 bits per heavy atom. The number of benzene rings is 1. The van der Waals surface area contributed by atoms with Crippen LogP contribution in [0.15, 0.2) is 29.2 Å². The predicted molar refractivity (Wildman–Crippen MR) is 76.2 cm³/mol. The van der Waals surface area contributed by atoms with E-state index in [0.717, 1.165) is 0 Å². The van der Waals surface area contributed by atoms with Crippen LogP contribution in [0.1, 0.15) is 20.3 Å². The third-order valence-corrected chi connectivity index (χ3v) is 5.73. The summed E-state index contributed by atoms with van der Waals surface area (Å²) in [4.78, 5) is 0.259. The molecule has 6 heteroatoms. The largest absolute Gasteiger partial charge is 0.497 e. The minimum Gasteiger partial charge on any atom is -0.497 e. The summed E-state index contributed by atoms with van der Waals surface area (Å²) in [6.45, 7) is 4.25. The number of hydrogen-bond donors (Lipinski definition) is 1. The number of hydrogen-bond acceptors (Lipinski definition) is 4. The van der Waals surface area contributed by atoms with E-state index in [0.29, 0.717) is 25.3 Å². The van der Waals surface area contributed by atoms with Crippen LogP contribution in [0.3, 0.4) is 0 Å². The Bertz CT molecular complexity index is 560. The van der Waals surface area contributed by atoms with E-state index < -0.39 is 15.6 Å². The fourth-order valence-corrected chi connectivity index (χ4v) is 3.92. The van der Waals surface area contributed by atoms with Crippen LogP contribution >= 0.6 is 0 Å². The maximum atomic E-state index is 12.5. The van der Waals surface area contributed by atoms with Crippen LogP contribution < -0.4 is 4.74 Å². The predicted octanol–water partition coefficient (Wildman–Crippen LogP) is 1.48. The molecule has 1 N–H and O–H groups in total. The van der Waals surface area contributed by atoms with E-state index in [9.17, 15) is 13.5 Å². The highest BCUT2D eigenvalue weighted by atomic mass is 32.2. The van der Waals surface area contributed by atoms with E-state index in [4.69, 9.17) is 4.74 Å². The molecule has 1 saturated heterocycles. The lowest BCUT2D eigenvalue weighted by Crippen LogP contribution is -2.35. The van der Waals surface area contributed by atoms with Crippen molar-refractivity contribution in [3.8, 4) is 5.75 Å². The summed E-state index contributed by atoms with van der Waals surface area (Å²) in [5, 5.41) is 10.0. The molecule has 5 nitrogen and oxygen atoms in total. The van der Waals surface area contributed by atoms with Crippen molar-refractivity contribution in [2.45, 2.75) is 30.8 Å². The Kier molecular flexibility index (Phi) is 4.09. The average molecular weight is 299 g/mol. The van der Waals surface area contributed by atoms with Gasteiger partial charge in [0.2, 0.25) is 10.0 Å². The molecule has 0 aromatic heterocycles. The van der Waals surface area contributed by atoms with Gasteiger partial charge in [0.25, 0.3) is 0 Å². The molecule has 0 aliphatic carbocycles. The molecule has 1 unspecified atom stereocenters. The summed E-state index contributed by atoms with van der Waals surface area (Å²) in [5.74, 6) is 0.593. The molecule has 0 radical (unpaired) electrons. The molecular weight excluding hydrogens is 278 g/mol. The molecule has 0 spiro atoms. The molecule has 0 saturated carbocycles. The quantitative estimate of drug-likeness (QED) is 0.914. The van der Waals surface area contributed by atoms with Crippen LogP contribution in [-0.4, -0.2) is 43.6 Å². The van der Waals surface area contributed by atoms with Crippen molar-refractivity contribution in [2.75, 3.05) is 20.2 Å². The second-order valence-corrected chi connectivity index (χ2v) is 7.62. The van der Waals surface area contributed by atoms with Gasteiger partial charge < -0.3 is 9.84 Å². The summed E-state index contributed by atoms with van der Waals surface area (Å²) < 4.78 is 31.5. The van der Waals surface area contributed by atoms with Crippen molar-refractivity contribution in [3.63, 3.8) is 0 Å². The van der Waals surface area contributed by atoms with Gasteiger partial charge in [-0.3, -0.25) is 0 Å². The number of sulfonamides is 1. The maximum Gasteiger partial charge on any atom is 0.243 e. The molecular formula is C14H21NO4S. The van der Waals surface area contributed by atoms with Gasteiger partial charge in [0.1, 0.15) is 5.75 Å². The molecule has 1 aliphatic heterocycles. The molecule has 1 aromatic rings. The number of methoxy groups -OCH3 is 1. The minimum atomic E-state index is -3.49. The topological polar surface area (TPSA) is 66.8 Å². The second-order valence-electron chi connectivity index (χ2n) is 5.68. The first kappa shape index (κ1) is 15.3. The van der Waals surface area contributed by atoms with E-state index >= 15 is 0 Å². The number of rotatable bonds is 4. The molecule has 20 heavy (non-hydrogen) atoms. The van der Waals surface area contributed by atoms with Crippen LogP contribution in [-0.2, 0) is 10.0 Å². The lowest BCUT2D eigenvalue weighted by Gasteiger charge is -2.25. The molecule has 1 fully saturated rings. The molecule has 1 aliphatic rings. The molecule has 0 amide bonds. The second kappa shape index (κ2) is 5.35. The first-order valence-electron chi connectivity index (χ1n) is 6.62. The monoisotopic (exact) mass is 299 g/mol. The Morgan fingerprint density at radius 1 is 1.30 bits per heavy atom. The molecule has 2 rings (SSSR count). The van der Waals surface area contributed by atoms with Gasteiger partial charge in [-0.1, -0.05) is 0 Å². The van der Waals surface area contributed by atoms with Crippen LogP contribution in [0.25, 0.3) is 0 Å². The van der Waals surface area contributed by atoms with Crippen molar-refractivity contribution in [1.82, 2.24) is 4.31 Å². The van der Waals surface area contributed by atoms with Gasteiger partial charge in [0, 0.05) is 19.0 Å². The summed E-state index contributed by atoms with van der Waals surface area (Å²) in [5.41, 5.74) is -0.857. The van der Waals surface area contributed by atoms with E-state index in [-0.39, 0.29) is 10.8 Å². The Morgan fingerprint density at radius 2 is 1.90 bits per heavy atom. The van der Waals surface area contributed by atoms with E-state index in [1.165, 1.54) is 11.4 Å². The summed E-state index contributed by atoms with van der Waals surface area (Å²) >= 11 is 0. The van der Waals surface area contributed by atoms with E-state index in [1.807, 2.05) is 0 Å². The molecule has 1 aromatic carbocycles. The van der Waals surface area contributed by atoms with Gasteiger partial charge in [0.05, 0.1) is 17.6 Å². The number of ether oxygens (including phenoxy) is 1. The van der Waals surface area contributed by atoms with Crippen LogP contribution in [0, 0.1) is 5.92 Å². The number of nitrogens with zero attached hydrogens (tertiary/aromatic N) is 1. The third kappa shape index (κ3) is 2.97. The van der Waals surface area contributed by atoms with Crippen molar-refractivity contribution >= 4 is 10.0 Å². The lowest BCUT2D eigenvalue weighted by atomic mass is 9.91. The van der Waals surface area contributed by atoms with Crippen molar-refractivity contribution < 1.29 is 18.3 Å². The first-order chi connectivity index (χ1) is 9.25. The standard InChI is InChI=1S/C14H21NO4S/c1-14(2,16)11-8-9-15(10-11)20(17,18)13-6-4-12(19-3)5-7-13/h4-7,11,16H,8-10H2,1-3H3. The fourth-order valence-electron chi connectivity index (χ4n) is 2.42. The van der Waals surface area contributed by atoms with E-state index in [2.05, 4.69) is 0 Å². The van der Waals surface area contributed by atoms with Gasteiger partial charge in [-0.05, 0) is 44.5 Å². The smallest absolute Gasteiger partial charge is 0.243 e. The maximum absolute atomic E-state index is 12.5. The van der Waals surface area contributed by atoms with Crippen molar-refractivity contribution in [3.05, 3.63) is 24.3 Å². The third-order valence-electron chi connectivity index (χ3n) is 3.85. The number of aliphatic hydroxyl groups is 1. The average Bonchev–Trinajstić information content (AvgIpc) is 2.89. The Hall–Kier alpha value is -1.11. The van der Waals surface area contributed by atoms with Crippen LogP contribution in [0.5, 0.6) is 5.75 Å². The van der Waals surface area contributed by atoms with Gasteiger partial charge in [-0.15, -0.1) is 0 Å². The molecule has 1 atom stereocenters.